The topological polar surface area (TPSA) is 102 Å². The summed E-state index contributed by atoms with van der Waals surface area (Å²) in [6.45, 7) is 16.1. The normalized spacial score (nSPS) is 22.8. The highest BCUT2D eigenvalue weighted by atomic mass is 16.5. The van der Waals surface area contributed by atoms with Crippen LogP contribution in [0.2, 0.25) is 0 Å². The summed E-state index contributed by atoms with van der Waals surface area (Å²) in [7, 11) is 6.81. The van der Waals surface area contributed by atoms with Gasteiger partial charge in [-0.15, -0.1) is 0 Å². The maximum Gasteiger partial charge on any atom is 0.328 e. The molecular formula is C31H57N5O5. The number of hydrogen-bond donors (Lipinski definition) is 1. The van der Waals surface area contributed by atoms with Crippen LogP contribution in [0.25, 0.3) is 0 Å². The first-order valence-corrected chi connectivity index (χ1v) is 15.4. The molecule has 0 aromatic rings. The lowest BCUT2D eigenvalue weighted by molar-refractivity contribution is -0.155. The van der Waals surface area contributed by atoms with Crippen LogP contribution in [0.5, 0.6) is 0 Å². The first kappa shape index (κ1) is 35.0. The van der Waals surface area contributed by atoms with Crippen molar-refractivity contribution in [1.82, 2.24) is 24.9 Å². The Balaban J connectivity index is 2.22. The Bertz CT molecular complexity index is 917. The second-order valence-electron chi connectivity index (χ2n) is 13.9. The highest BCUT2D eigenvalue weighted by Crippen LogP contribution is 2.27. The van der Waals surface area contributed by atoms with E-state index >= 15 is 0 Å². The lowest BCUT2D eigenvalue weighted by Crippen LogP contribution is -2.61. The number of nitrogens with one attached hydrogen (secondary N) is 1. The molecule has 41 heavy (non-hydrogen) atoms. The number of carbonyl (C=O) groups excluding carboxylic acids is 4. The lowest BCUT2D eigenvalue weighted by atomic mass is 9.84. The predicted octanol–water partition coefficient (Wildman–Crippen LogP) is 2.61. The zero-order valence-electron chi connectivity index (χ0n) is 27.5. The molecular weight excluding hydrogens is 522 g/mol. The van der Waals surface area contributed by atoms with Crippen LogP contribution < -0.4 is 5.32 Å². The summed E-state index contributed by atoms with van der Waals surface area (Å²) < 4.78 is 4.99. The molecule has 0 radical (unpaired) electrons. The van der Waals surface area contributed by atoms with Gasteiger partial charge in [0.15, 0.2) is 0 Å². The molecule has 2 aliphatic heterocycles. The van der Waals surface area contributed by atoms with E-state index in [0.29, 0.717) is 13.0 Å². The number of nitrogens with zero attached hydrogens (tertiary/aromatic N) is 4. The van der Waals surface area contributed by atoms with E-state index in [0.717, 1.165) is 38.8 Å². The fourth-order valence-electron chi connectivity index (χ4n) is 6.38. The second kappa shape index (κ2) is 14.8. The van der Waals surface area contributed by atoms with Crippen molar-refractivity contribution in [3.63, 3.8) is 0 Å². The summed E-state index contributed by atoms with van der Waals surface area (Å²) >= 11 is 0. The summed E-state index contributed by atoms with van der Waals surface area (Å²) in [6.07, 6.45) is 4.45. The summed E-state index contributed by atoms with van der Waals surface area (Å²) in [4.78, 5) is 61.0. The molecule has 10 heteroatoms. The number of amides is 3. The van der Waals surface area contributed by atoms with Gasteiger partial charge in [0.05, 0.1) is 19.2 Å². The number of piperidine rings is 1. The Labute approximate surface area is 248 Å². The van der Waals surface area contributed by atoms with Crippen molar-refractivity contribution in [2.75, 3.05) is 47.9 Å². The van der Waals surface area contributed by atoms with Gasteiger partial charge in [0, 0.05) is 26.7 Å². The fraction of sp³-hybridized carbons (Fsp3) is 0.871. The van der Waals surface area contributed by atoms with Crippen molar-refractivity contribution >= 4 is 23.7 Å². The molecule has 0 aromatic carbocycles. The molecule has 2 heterocycles. The van der Waals surface area contributed by atoms with Crippen LogP contribution in [-0.4, -0.2) is 121 Å². The average molecular weight is 580 g/mol. The highest BCUT2D eigenvalue weighted by Gasteiger charge is 2.42. The Kier molecular flexibility index (Phi) is 12.6. The molecule has 2 saturated heterocycles. The van der Waals surface area contributed by atoms with Gasteiger partial charge in [-0.1, -0.05) is 54.9 Å². The van der Waals surface area contributed by atoms with E-state index in [1.165, 1.54) is 12.0 Å². The van der Waals surface area contributed by atoms with Crippen molar-refractivity contribution in [1.29, 1.82) is 0 Å². The molecule has 1 N–H and O–H groups in total. The third-order valence-electron chi connectivity index (χ3n) is 9.00. The Morgan fingerprint density at radius 1 is 0.902 bits per heavy atom. The minimum atomic E-state index is -0.675. The highest BCUT2D eigenvalue weighted by molar-refractivity contribution is 5.90. The van der Waals surface area contributed by atoms with E-state index in [9.17, 15) is 19.2 Å². The summed E-state index contributed by atoms with van der Waals surface area (Å²) in [5.41, 5.74) is -0.482. The predicted molar refractivity (Wildman–Crippen MR) is 161 cm³/mol. The smallest absolute Gasteiger partial charge is 0.328 e. The van der Waals surface area contributed by atoms with Crippen LogP contribution in [0.15, 0.2) is 0 Å². The van der Waals surface area contributed by atoms with Crippen LogP contribution in [0.3, 0.4) is 0 Å². The SMILES string of the molecule is COC(=O)[C@@H](C(C)C)N(C)C(=O)[C@@H]1CCCN1C[C@H](C(C)C)N(C)C(=O)[C@@H](NC(=O)[C@H]1CCCCN1C)C(C)(C)C. The molecule has 10 nitrogen and oxygen atoms in total. The number of likely N-dealkylation sites (tertiary alicyclic amines) is 2. The van der Waals surface area contributed by atoms with E-state index in [1.54, 1.807) is 11.9 Å². The molecule has 0 saturated carbocycles. The van der Waals surface area contributed by atoms with Gasteiger partial charge in [0.1, 0.15) is 12.1 Å². The zero-order valence-corrected chi connectivity index (χ0v) is 27.5. The Hall–Kier alpha value is -2.20. The van der Waals surface area contributed by atoms with E-state index in [2.05, 4.69) is 29.0 Å². The van der Waals surface area contributed by atoms with Crippen LogP contribution in [0.1, 0.15) is 80.6 Å². The maximum atomic E-state index is 14.1. The summed E-state index contributed by atoms with van der Waals surface area (Å²) in [6, 6.07) is -2.08. The van der Waals surface area contributed by atoms with Crippen molar-refractivity contribution in [3.8, 4) is 0 Å². The van der Waals surface area contributed by atoms with E-state index in [-0.39, 0.29) is 47.7 Å². The number of rotatable bonds is 11. The second-order valence-corrected chi connectivity index (χ2v) is 13.9. The number of carbonyl (C=O) groups is 4. The molecule has 2 aliphatic rings. The van der Waals surface area contributed by atoms with Gasteiger partial charge in [-0.3, -0.25) is 24.2 Å². The van der Waals surface area contributed by atoms with Gasteiger partial charge in [-0.05, 0) is 63.1 Å². The van der Waals surface area contributed by atoms with Crippen LogP contribution in [0.4, 0.5) is 0 Å². The van der Waals surface area contributed by atoms with Gasteiger partial charge in [0.25, 0.3) is 0 Å². The molecule has 0 bridgehead atoms. The summed E-state index contributed by atoms with van der Waals surface area (Å²) in [5, 5.41) is 3.12. The molecule has 2 rings (SSSR count). The molecule has 3 amide bonds. The molecule has 5 atom stereocenters. The first-order valence-electron chi connectivity index (χ1n) is 15.4. The van der Waals surface area contributed by atoms with Gasteiger partial charge in [-0.25, -0.2) is 4.79 Å². The lowest BCUT2D eigenvalue weighted by Gasteiger charge is -2.41. The van der Waals surface area contributed by atoms with Crippen molar-refractivity contribution in [3.05, 3.63) is 0 Å². The van der Waals surface area contributed by atoms with Gasteiger partial charge < -0.3 is 19.9 Å². The van der Waals surface area contributed by atoms with Gasteiger partial charge >= 0.3 is 5.97 Å². The van der Waals surface area contributed by atoms with E-state index in [1.807, 2.05) is 48.7 Å². The standard InChI is InChI=1S/C31H57N5O5/c1-20(2)24(19-36-18-14-16-23(36)28(38)35(10)25(21(3)4)30(40)41-11)34(9)29(39)26(31(5,6)7)32-27(37)22-15-12-13-17-33(22)8/h20-26H,12-19H2,1-11H3,(H,32,37)/t22-,23+,24-,25-,26-/m1/s1. The minimum absolute atomic E-state index is 0.0867. The summed E-state index contributed by atoms with van der Waals surface area (Å²) in [5.74, 6) is -0.685. The molecule has 0 unspecified atom stereocenters. The van der Waals surface area contributed by atoms with Gasteiger partial charge in [-0.2, -0.15) is 0 Å². The fourth-order valence-corrected chi connectivity index (χ4v) is 6.38. The Morgan fingerprint density at radius 3 is 2.02 bits per heavy atom. The molecule has 0 spiro atoms. The van der Waals surface area contributed by atoms with Gasteiger partial charge in [0.2, 0.25) is 17.7 Å². The quantitative estimate of drug-likeness (QED) is 0.376. The Morgan fingerprint density at radius 2 is 1.51 bits per heavy atom. The number of hydrogen-bond acceptors (Lipinski definition) is 7. The molecule has 2 fully saturated rings. The number of likely N-dealkylation sites (N-methyl/N-ethyl adjacent to an activating group) is 3. The third kappa shape index (κ3) is 8.66. The minimum Gasteiger partial charge on any atom is -0.467 e. The average Bonchev–Trinajstić information content (AvgIpc) is 3.36. The van der Waals surface area contributed by atoms with Crippen molar-refractivity contribution in [2.45, 2.75) is 111 Å². The van der Waals surface area contributed by atoms with E-state index in [4.69, 9.17) is 4.74 Å². The van der Waals surface area contributed by atoms with Crippen LogP contribution in [-0.2, 0) is 23.9 Å². The number of esters is 1. The van der Waals surface area contributed by atoms with Crippen molar-refractivity contribution in [2.24, 2.45) is 17.3 Å². The largest absolute Gasteiger partial charge is 0.467 e. The molecule has 0 aromatic heterocycles. The number of ether oxygens (including phenoxy) is 1. The van der Waals surface area contributed by atoms with Crippen LogP contribution in [0, 0.1) is 17.3 Å². The third-order valence-corrected chi connectivity index (χ3v) is 9.00. The number of methoxy groups -OCH3 is 1. The first-order chi connectivity index (χ1) is 19.0. The van der Waals surface area contributed by atoms with E-state index < -0.39 is 23.5 Å². The van der Waals surface area contributed by atoms with Crippen molar-refractivity contribution < 1.29 is 23.9 Å². The zero-order chi connectivity index (χ0) is 31.2. The maximum absolute atomic E-state index is 14.1. The molecule has 236 valence electrons. The molecule has 0 aliphatic carbocycles. The van der Waals surface area contributed by atoms with Crippen LogP contribution >= 0.6 is 0 Å². The monoisotopic (exact) mass is 579 g/mol.